The van der Waals surface area contributed by atoms with Crippen LogP contribution in [0.2, 0.25) is 0 Å². The van der Waals surface area contributed by atoms with E-state index in [1.165, 1.54) is 110 Å². The van der Waals surface area contributed by atoms with Crippen LogP contribution in [-0.4, -0.2) is 80.4 Å². The zero-order valence-corrected chi connectivity index (χ0v) is 28.9. The Morgan fingerprint density at radius 1 is 0.786 bits per heavy atom. The number of aliphatic hydroxyl groups is 2. The van der Waals surface area contributed by atoms with E-state index in [0.717, 1.165) is 12.8 Å². The molecule has 252 valence electrons. The zero-order chi connectivity index (χ0) is 31.5. The first kappa shape index (κ1) is 41.7. The first-order valence-electron chi connectivity index (χ1n) is 17.0. The number of unbranched alkanes of at least 4 members (excludes halogenated alkanes) is 16. The molecule has 42 heavy (non-hydrogen) atoms. The lowest BCUT2D eigenvalue weighted by molar-refractivity contribution is -0.902. The summed E-state index contributed by atoms with van der Waals surface area (Å²) in [6.07, 6.45) is 26.4. The quantitative estimate of drug-likeness (QED) is 0.0275. The minimum absolute atomic E-state index is 0.0732. The van der Waals surface area contributed by atoms with Crippen molar-refractivity contribution in [3.8, 4) is 0 Å². The topological polar surface area (TPSA) is 108 Å². The number of hydrogen-bond acceptors (Lipinski definition) is 7. The van der Waals surface area contributed by atoms with Crippen LogP contribution < -0.4 is 4.89 Å². The average molecular weight is 622 g/mol. The first-order chi connectivity index (χ1) is 20.1. The summed E-state index contributed by atoms with van der Waals surface area (Å²) < 4.78 is 29.1. The highest BCUT2D eigenvalue weighted by Crippen LogP contribution is 2.46. The van der Waals surface area contributed by atoms with Gasteiger partial charge in [0.2, 0.25) is 0 Å². The molecule has 2 N–H and O–H groups in total. The maximum absolute atomic E-state index is 12.7. The molecule has 0 spiro atoms. The molecule has 0 aliphatic heterocycles. The maximum Gasteiger partial charge on any atom is 0.192 e. The van der Waals surface area contributed by atoms with E-state index >= 15 is 0 Å². The van der Waals surface area contributed by atoms with Gasteiger partial charge in [0.1, 0.15) is 11.9 Å². The highest BCUT2D eigenvalue weighted by molar-refractivity contribution is 7.51. The van der Waals surface area contributed by atoms with Crippen LogP contribution in [0.5, 0.6) is 0 Å². The minimum atomic E-state index is -4.19. The SMILES string of the molecule is CCCCCCCC/C=C\CCCCCCCCCCCCOC[C@H](COP(=O)([O-])C(C)[N+](C)(C)CCC(O)O)OC. The van der Waals surface area contributed by atoms with Gasteiger partial charge in [-0.3, -0.25) is 0 Å². The molecule has 0 aliphatic carbocycles. The Kier molecular flexibility index (Phi) is 26.8. The third kappa shape index (κ3) is 24.1. The number of quaternary nitrogens is 1. The van der Waals surface area contributed by atoms with Gasteiger partial charge in [-0.15, -0.1) is 0 Å². The van der Waals surface area contributed by atoms with Crippen molar-refractivity contribution >= 4 is 7.60 Å². The van der Waals surface area contributed by atoms with Gasteiger partial charge < -0.3 is 38.2 Å². The van der Waals surface area contributed by atoms with Gasteiger partial charge in [0.25, 0.3) is 0 Å². The number of nitrogens with zero attached hydrogens (tertiary/aromatic N) is 1. The van der Waals surface area contributed by atoms with Gasteiger partial charge in [0, 0.05) is 20.1 Å². The molecule has 0 amide bonds. The van der Waals surface area contributed by atoms with Crippen molar-refractivity contribution in [2.24, 2.45) is 0 Å². The van der Waals surface area contributed by atoms with E-state index in [-0.39, 0.29) is 24.1 Å². The fourth-order valence-corrected chi connectivity index (χ4v) is 6.34. The van der Waals surface area contributed by atoms with E-state index < -0.39 is 25.8 Å². The molecule has 2 unspecified atom stereocenters. The Morgan fingerprint density at radius 2 is 1.26 bits per heavy atom. The van der Waals surface area contributed by atoms with Crippen molar-refractivity contribution in [2.75, 3.05) is 47.6 Å². The molecule has 0 bridgehead atoms. The van der Waals surface area contributed by atoms with E-state index in [0.29, 0.717) is 13.2 Å². The number of allylic oxidation sites excluding steroid dienone is 2. The molecule has 0 heterocycles. The van der Waals surface area contributed by atoms with Gasteiger partial charge in [-0.25, -0.2) is 0 Å². The summed E-state index contributed by atoms with van der Waals surface area (Å²) in [4.78, 5) is 12.7. The fraction of sp³-hybridized carbons (Fsp3) is 0.939. The molecule has 0 aliphatic rings. The lowest BCUT2D eigenvalue weighted by Crippen LogP contribution is -2.50. The second-order valence-corrected chi connectivity index (χ2v) is 14.6. The molecular weight excluding hydrogens is 553 g/mol. The summed E-state index contributed by atoms with van der Waals surface area (Å²) in [5.74, 6) is -0.832. The van der Waals surface area contributed by atoms with Crippen LogP contribution in [0.3, 0.4) is 0 Å². The van der Waals surface area contributed by atoms with Crippen molar-refractivity contribution in [1.29, 1.82) is 0 Å². The number of rotatable bonds is 31. The summed E-state index contributed by atoms with van der Waals surface area (Å²) in [7, 11) is 0.794. The van der Waals surface area contributed by atoms with Gasteiger partial charge in [-0.2, -0.15) is 0 Å². The third-order valence-electron chi connectivity index (χ3n) is 8.31. The molecular formula is C33H68NO7P. The van der Waals surface area contributed by atoms with Crippen molar-refractivity contribution in [1.82, 2.24) is 0 Å². The van der Waals surface area contributed by atoms with Crippen molar-refractivity contribution < 1.29 is 38.2 Å². The van der Waals surface area contributed by atoms with Crippen LogP contribution in [0, 0.1) is 0 Å². The second kappa shape index (κ2) is 27.0. The normalized spacial score (nSPS) is 15.5. The molecule has 3 atom stereocenters. The lowest BCUT2D eigenvalue weighted by atomic mass is 10.1. The molecule has 0 fully saturated rings. The third-order valence-corrected chi connectivity index (χ3v) is 10.4. The molecule has 0 aromatic rings. The Hall–Kier alpha value is -0.310. The van der Waals surface area contributed by atoms with E-state index in [2.05, 4.69) is 19.1 Å². The smallest absolute Gasteiger partial charge is 0.192 e. The van der Waals surface area contributed by atoms with Gasteiger partial charge in [0.05, 0.1) is 33.9 Å². The van der Waals surface area contributed by atoms with E-state index in [1.54, 1.807) is 21.0 Å². The Labute approximate surface area is 259 Å². The maximum atomic E-state index is 12.7. The van der Waals surface area contributed by atoms with Crippen molar-refractivity contribution in [2.45, 2.75) is 154 Å². The average Bonchev–Trinajstić information content (AvgIpc) is 2.95. The van der Waals surface area contributed by atoms with E-state index in [9.17, 15) is 9.46 Å². The molecule has 8 nitrogen and oxygen atoms in total. The number of ether oxygens (including phenoxy) is 2. The van der Waals surface area contributed by atoms with Crippen LogP contribution in [0.1, 0.15) is 136 Å². The molecule has 0 aromatic carbocycles. The Morgan fingerprint density at radius 3 is 1.74 bits per heavy atom. The van der Waals surface area contributed by atoms with Crippen LogP contribution in [0.4, 0.5) is 0 Å². The summed E-state index contributed by atoms with van der Waals surface area (Å²) >= 11 is 0. The second-order valence-electron chi connectivity index (χ2n) is 12.5. The Balaban J connectivity index is 3.68. The molecule has 0 radical (unpaired) electrons. The predicted molar refractivity (Wildman–Crippen MR) is 172 cm³/mol. The van der Waals surface area contributed by atoms with E-state index in [4.69, 9.17) is 24.2 Å². The van der Waals surface area contributed by atoms with Gasteiger partial charge in [-0.05, 0) is 39.0 Å². The molecule has 0 rings (SSSR count). The summed E-state index contributed by atoms with van der Waals surface area (Å²) in [5.41, 5.74) is 0. The zero-order valence-electron chi connectivity index (χ0n) is 28.0. The molecule has 9 heteroatoms. The molecule has 0 saturated heterocycles. The number of hydrogen-bond donors (Lipinski definition) is 2. The van der Waals surface area contributed by atoms with Crippen LogP contribution >= 0.6 is 7.60 Å². The van der Waals surface area contributed by atoms with Gasteiger partial charge in [-0.1, -0.05) is 103 Å². The monoisotopic (exact) mass is 621 g/mol. The molecule has 0 saturated carbocycles. The van der Waals surface area contributed by atoms with Crippen LogP contribution in [-0.2, 0) is 18.6 Å². The lowest BCUT2D eigenvalue weighted by Gasteiger charge is -2.42. The van der Waals surface area contributed by atoms with Crippen molar-refractivity contribution in [3.63, 3.8) is 0 Å². The minimum Gasteiger partial charge on any atom is -0.774 e. The van der Waals surface area contributed by atoms with Gasteiger partial charge in [0.15, 0.2) is 13.9 Å². The van der Waals surface area contributed by atoms with Gasteiger partial charge >= 0.3 is 0 Å². The predicted octanol–water partition coefficient (Wildman–Crippen LogP) is 7.31. The summed E-state index contributed by atoms with van der Waals surface area (Å²) in [6.45, 7) is 4.96. The fourth-order valence-electron chi connectivity index (χ4n) is 4.87. The largest absolute Gasteiger partial charge is 0.774 e. The standard InChI is InChI=1S/C33H68NO7P/c1-6-7-8-9-10-11-12-13-14-15-16-17-18-19-20-21-22-23-24-25-28-40-29-32(39-5)30-41-42(37,38)31(2)34(3,4)27-26-33(35)36/h13-14,31-33,35-36H,6-12,15-30H2,1-5H3/b14-13-/t31?,32-/m1/s1. The van der Waals surface area contributed by atoms with Crippen LogP contribution in [0.25, 0.3) is 0 Å². The highest BCUT2D eigenvalue weighted by Gasteiger charge is 2.34. The Bertz CT molecular complexity index is 675. The number of aliphatic hydroxyl groups excluding tert-OH is 1. The molecule has 0 aromatic heterocycles. The first-order valence-corrected chi connectivity index (χ1v) is 18.6. The van der Waals surface area contributed by atoms with Crippen molar-refractivity contribution in [3.05, 3.63) is 12.2 Å². The summed E-state index contributed by atoms with van der Waals surface area (Å²) in [6, 6.07) is 0. The number of methoxy groups -OCH3 is 1. The van der Waals surface area contributed by atoms with E-state index in [1.807, 2.05) is 0 Å². The summed E-state index contributed by atoms with van der Waals surface area (Å²) in [5, 5.41) is 18.2. The highest BCUT2D eigenvalue weighted by atomic mass is 31.2. The van der Waals surface area contributed by atoms with Crippen LogP contribution in [0.15, 0.2) is 12.2 Å².